The zero-order chi connectivity index (χ0) is 14.3. The summed E-state index contributed by atoms with van der Waals surface area (Å²) in [6, 6.07) is 0. The standard InChI is InChI=1S/C15H32N2O2/c1-3-5-6-7-8-9-10-11-12-13-14-16-17(4-2)15(18)19/h16H,3-14H2,1-2H3,(H,18,19). The van der Waals surface area contributed by atoms with Gasteiger partial charge in [-0.15, -0.1) is 0 Å². The highest BCUT2D eigenvalue weighted by molar-refractivity contribution is 5.64. The predicted molar refractivity (Wildman–Crippen MR) is 80.3 cm³/mol. The van der Waals surface area contributed by atoms with E-state index in [1.165, 1.54) is 62.8 Å². The molecule has 0 aromatic heterocycles. The smallest absolute Gasteiger partial charge is 0.421 e. The van der Waals surface area contributed by atoms with Crippen molar-refractivity contribution in [3.63, 3.8) is 0 Å². The monoisotopic (exact) mass is 272 g/mol. The van der Waals surface area contributed by atoms with Crippen LogP contribution in [0.2, 0.25) is 0 Å². The van der Waals surface area contributed by atoms with Crippen LogP contribution in [0.4, 0.5) is 4.79 Å². The third-order valence-corrected chi connectivity index (χ3v) is 3.38. The maximum absolute atomic E-state index is 10.7. The minimum Gasteiger partial charge on any atom is -0.464 e. The largest absolute Gasteiger partial charge is 0.464 e. The molecular formula is C15H32N2O2. The third kappa shape index (κ3) is 12.0. The van der Waals surface area contributed by atoms with Crippen LogP contribution in [-0.4, -0.2) is 29.3 Å². The van der Waals surface area contributed by atoms with Crippen molar-refractivity contribution in [3.05, 3.63) is 0 Å². The molecule has 0 unspecified atom stereocenters. The van der Waals surface area contributed by atoms with E-state index < -0.39 is 6.09 Å². The van der Waals surface area contributed by atoms with Gasteiger partial charge in [-0.2, -0.15) is 0 Å². The van der Waals surface area contributed by atoms with Crippen molar-refractivity contribution in [2.24, 2.45) is 0 Å². The molecule has 0 saturated carbocycles. The number of hydrogen-bond donors (Lipinski definition) is 2. The van der Waals surface area contributed by atoms with Crippen molar-refractivity contribution in [2.75, 3.05) is 13.1 Å². The van der Waals surface area contributed by atoms with E-state index in [-0.39, 0.29) is 0 Å². The number of rotatable bonds is 13. The quantitative estimate of drug-likeness (QED) is 0.385. The molecule has 0 atom stereocenters. The fraction of sp³-hybridized carbons (Fsp3) is 0.933. The highest BCUT2D eigenvalue weighted by Crippen LogP contribution is 2.10. The summed E-state index contributed by atoms with van der Waals surface area (Å²) in [5, 5.41) is 10.0. The Morgan fingerprint density at radius 3 is 1.79 bits per heavy atom. The fourth-order valence-corrected chi connectivity index (χ4v) is 2.14. The first-order valence-electron chi connectivity index (χ1n) is 7.96. The first kappa shape index (κ1) is 18.2. The van der Waals surface area contributed by atoms with Crippen LogP contribution in [0.15, 0.2) is 0 Å². The van der Waals surface area contributed by atoms with Crippen LogP contribution in [0.25, 0.3) is 0 Å². The molecule has 0 aromatic rings. The Morgan fingerprint density at radius 2 is 1.37 bits per heavy atom. The second kappa shape index (κ2) is 13.7. The minimum atomic E-state index is -0.894. The summed E-state index contributed by atoms with van der Waals surface area (Å²) < 4.78 is 0. The zero-order valence-corrected chi connectivity index (χ0v) is 12.8. The first-order chi connectivity index (χ1) is 9.22. The second-order valence-corrected chi connectivity index (χ2v) is 5.12. The van der Waals surface area contributed by atoms with E-state index in [9.17, 15) is 4.79 Å². The average Bonchev–Trinajstić information content (AvgIpc) is 2.40. The van der Waals surface area contributed by atoms with Gasteiger partial charge >= 0.3 is 6.09 Å². The fourth-order valence-electron chi connectivity index (χ4n) is 2.14. The Kier molecular flexibility index (Phi) is 13.1. The van der Waals surface area contributed by atoms with Crippen LogP contribution in [0.3, 0.4) is 0 Å². The van der Waals surface area contributed by atoms with Gasteiger partial charge in [0, 0.05) is 13.1 Å². The van der Waals surface area contributed by atoms with Crippen LogP contribution < -0.4 is 5.43 Å². The second-order valence-electron chi connectivity index (χ2n) is 5.12. The molecule has 114 valence electrons. The summed E-state index contributed by atoms with van der Waals surface area (Å²) in [5.74, 6) is 0. The normalized spacial score (nSPS) is 10.6. The predicted octanol–water partition coefficient (Wildman–Crippen LogP) is 4.41. The van der Waals surface area contributed by atoms with E-state index in [0.29, 0.717) is 6.54 Å². The Hall–Kier alpha value is -0.770. The number of carbonyl (C=O) groups is 1. The Balaban J connectivity index is 3.16. The van der Waals surface area contributed by atoms with Gasteiger partial charge in [-0.25, -0.2) is 15.2 Å². The minimum absolute atomic E-state index is 0.493. The molecule has 0 saturated heterocycles. The zero-order valence-electron chi connectivity index (χ0n) is 12.8. The van der Waals surface area contributed by atoms with Crippen LogP contribution in [-0.2, 0) is 0 Å². The topological polar surface area (TPSA) is 52.6 Å². The number of hydrazine groups is 1. The molecule has 2 N–H and O–H groups in total. The molecule has 0 fully saturated rings. The van der Waals surface area contributed by atoms with E-state index in [1.54, 1.807) is 0 Å². The van der Waals surface area contributed by atoms with E-state index in [0.717, 1.165) is 13.0 Å². The summed E-state index contributed by atoms with van der Waals surface area (Å²) >= 11 is 0. The Morgan fingerprint density at radius 1 is 0.895 bits per heavy atom. The lowest BCUT2D eigenvalue weighted by Crippen LogP contribution is -2.42. The summed E-state index contributed by atoms with van der Waals surface area (Å²) in [4.78, 5) is 10.7. The number of nitrogens with zero attached hydrogens (tertiary/aromatic N) is 1. The number of hydrogen-bond acceptors (Lipinski definition) is 2. The lowest BCUT2D eigenvalue weighted by atomic mass is 10.1. The van der Waals surface area contributed by atoms with Crippen LogP contribution in [0.5, 0.6) is 0 Å². The SMILES string of the molecule is CCCCCCCCCCCCNN(CC)C(=O)O. The molecule has 0 aliphatic rings. The lowest BCUT2D eigenvalue weighted by molar-refractivity contribution is 0.123. The van der Waals surface area contributed by atoms with E-state index in [2.05, 4.69) is 12.3 Å². The summed E-state index contributed by atoms with van der Waals surface area (Å²) in [6.45, 7) is 5.33. The molecule has 4 nitrogen and oxygen atoms in total. The molecule has 0 heterocycles. The van der Waals surface area contributed by atoms with Gasteiger partial charge in [0.25, 0.3) is 0 Å². The van der Waals surface area contributed by atoms with Crippen LogP contribution >= 0.6 is 0 Å². The summed E-state index contributed by atoms with van der Waals surface area (Å²) in [6.07, 6.45) is 12.2. The van der Waals surface area contributed by atoms with Crippen molar-refractivity contribution in [2.45, 2.75) is 78.1 Å². The summed E-state index contributed by atoms with van der Waals surface area (Å²) in [5.41, 5.74) is 2.93. The van der Waals surface area contributed by atoms with Gasteiger partial charge in [0.05, 0.1) is 0 Å². The van der Waals surface area contributed by atoms with Crippen molar-refractivity contribution < 1.29 is 9.90 Å². The molecule has 0 rings (SSSR count). The average molecular weight is 272 g/mol. The first-order valence-corrected chi connectivity index (χ1v) is 7.96. The molecule has 19 heavy (non-hydrogen) atoms. The molecule has 0 aliphatic carbocycles. The number of carboxylic acid groups (broad SMARTS) is 1. The molecule has 4 heteroatoms. The molecule has 0 aromatic carbocycles. The third-order valence-electron chi connectivity index (χ3n) is 3.38. The maximum Gasteiger partial charge on any atom is 0.421 e. The molecule has 0 aliphatic heterocycles. The lowest BCUT2D eigenvalue weighted by Gasteiger charge is -2.17. The molecule has 0 bridgehead atoms. The van der Waals surface area contributed by atoms with Gasteiger partial charge in [-0.05, 0) is 13.3 Å². The van der Waals surface area contributed by atoms with Gasteiger partial charge in [-0.1, -0.05) is 64.7 Å². The number of amides is 1. The van der Waals surface area contributed by atoms with Crippen molar-refractivity contribution in [1.29, 1.82) is 0 Å². The van der Waals surface area contributed by atoms with E-state index in [1.807, 2.05) is 6.92 Å². The van der Waals surface area contributed by atoms with Gasteiger partial charge in [-0.3, -0.25) is 0 Å². The number of nitrogens with one attached hydrogen (secondary N) is 1. The van der Waals surface area contributed by atoms with Gasteiger partial charge in [0.15, 0.2) is 0 Å². The van der Waals surface area contributed by atoms with Crippen LogP contribution in [0.1, 0.15) is 78.1 Å². The maximum atomic E-state index is 10.7. The molecule has 0 spiro atoms. The molecule has 1 amide bonds. The van der Waals surface area contributed by atoms with Crippen molar-refractivity contribution in [3.8, 4) is 0 Å². The van der Waals surface area contributed by atoms with Crippen molar-refractivity contribution in [1.82, 2.24) is 10.4 Å². The highest BCUT2D eigenvalue weighted by atomic mass is 16.4. The van der Waals surface area contributed by atoms with Crippen LogP contribution in [0, 0.1) is 0 Å². The van der Waals surface area contributed by atoms with E-state index >= 15 is 0 Å². The Labute approximate surface area is 118 Å². The van der Waals surface area contributed by atoms with Gasteiger partial charge < -0.3 is 5.11 Å². The molecule has 0 radical (unpaired) electrons. The molecular weight excluding hydrogens is 240 g/mol. The van der Waals surface area contributed by atoms with Gasteiger partial charge in [0.1, 0.15) is 0 Å². The van der Waals surface area contributed by atoms with Crippen molar-refractivity contribution >= 4 is 6.09 Å². The van der Waals surface area contributed by atoms with Gasteiger partial charge in [0.2, 0.25) is 0 Å². The Bertz CT molecular complexity index is 210. The summed E-state index contributed by atoms with van der Waals surface area (Å²) in [7, 11) is 0. The van der Waals surface area contributed by atoms with E-state index in [4.69, 9.17) is 5.11 Å². The number of unbranched alkanes of at least 4 members (excludes halogenated alkanes) is 9. The highest BCUT2D eigenvalue weighted by Gasteiger charge is 2.06.